The van der Waals surface area contributed by atoms with Crippen molar-refractivity contribution in [2.45, 2.75) is 32.7 Å². The number of carbonyl (C=O) groups is 2. The van der Waals surface area contributed by atoms with E-state index in [9.17, 15) is 9.59 Å². The van der Waals surface area contributed by atoms with Crippen LogP contribution in [0.5, 0.6) is 5.75 Å². The number of piperidine rings is 1. The molecule has 2 aromatic carbocycles. The molecule has 1 fully saturated rings. The number of benzene rings is 2. The van der Waals surface area contributed by atoms with Crippen LogP contribution in [-0.4, -0.2) is 49.4 Å². The Morgan fingerprint density at radius 1 is 1.03 bits per heavy atom. The fourth-order valence-corrected chi connectivity index (χ4v) is 4.26. The zero-order chi connectivity index (χ0) is 23.3. The number of Topliss-reactive ketones (excluding diaryl/α,β-unsaturated/α-hetero) is 1. The van der Waals surface area contributed by atoms with Crippen molar-refractivity contribution in [1.29, 1.82) is 0 Å². The number of ether oxygens (including phenoxy) is 1. The average Bonchev–Trinajstić information content (AvgIpc) is 2.80. The first-order valence-electron chi connectivity index (χ1n) is 10.9. The number of ketones is 1. The van der Waals surface area contributed by atoms with E-state index in [2.05, 4.69) is 24.1 Å². The summed E-state index contributed by atoms with van der Waals surface area (Å²) in [4.78, 5) is 27.9. The van der Waals surface area contributed by atoms with Gasteiger partial charge in [0.15, 0.2) is 5.78 Å². The van der Waals surface area contributed by atoms with E-state index in [1.807, 2.05) is 0 Å². The summed E-state index contributed by atoms with van der Waals surface area (Å²) in [5, 5.41) is 4.03. The van der Waals surface area contributed by atoms with Crippen molar-refractivity contribution >= 4 is 34.9 Å². The van der Waals surface area contributed by atoms with Gasteiger partial charge in [-0.05, 0) is 74.3 Å². The molecular weight excluding hydrogens is 447 g/mol. The van der Waals surface area contributed by atoms with E-state index in [0.717, 1.165) is 38.2 Å². The Balaban J connectivity index is 1.54. The van der Waals surface area contributed by atoms with Crippen molar-refractivity contribution in [3.63, 3.8) is 0 Å². The van der Waals surface area contributed by atoms with Crippen LogP contribution in [0.25, 0.3) is 0 Å². The lowest BCUT2D eigenvalue weighted by Gasteiger charge is -2.35. The van der Waals surface area contributed by atoms with Gasteiger partial charge in [-0.1, -0.05) is 37.0 Å². The molecule has 1 atom stereocenters. The van der Waals surface area contributed by atoms with Crippen molar-refractivity contribution < 1.29 is 14.3 Å². The SMILES string of the molecule is COc1ccc(C(=O)NC(CN2CCC(C(=O)c3ccc(Cl)c(Cl)c3)CC2)C(C)C)cc1. The topological polar surface area (TPSA) is 58.6 Å². The summed E-state index contributed by atoms with van der Waals surface area (Å²) in [5.41, 5.74) is 1.23. The molecule has 0 aromatic heterocycles. The lowest BCUT2D eigenvalue weighted by Crippen LogP contribution is -2.49. The highest BCUT2D eigenvalue weighted by Crippen LogP contribution is 2.27. The number of methoxy groups -OCH3 is 1. The molecule has 2 aromatic rings. The van der Waals surface area contributed by atoms with Gasteiger partial charge >= 0.3 is 0 Å². The van der Waals surface area contributed by atoms with Crippen LogP contribution in [0.2, 0.25) is 10.0 Å². The number of amides is 1. The summed E-state index contributed by atoms with van der Waals surface area (Å²) in [6.45, 7) is 6.62. The number of likely N-dealkylation sites (tertiary alicyclic amines) is 1. The summed E-state index contributed by atoms with van der Waals surface area (Å²) in [6, 6.07) is 12.2. The maximum absolute atomic E-state index is 12.9. The van der Waals surface area contributed by atoms with E-state index in [0.29, 0.717) is 21.2 Å². The molecule has 1 saturated heterocycles. The first-order valence-corrected chi connectivity index (χ1v) is 11.7. The number of nitrogens with one attached hydrogen (secondary N) is 1. The number of nitrogens with zero attached hydrogens (tertiary/aromatic N) is 1. The number of hydrogen-bond acceptors (Lipinski definition) is 4. The predicted molar refractivity (Wildman–Crippen MR) is 129 cm³/mol. The maximum atomic E-state index is 12.9. The highest BCUT2D eigenvalue weighted by Gasteiger charge is 2.28. The highest BCUT2D eigenvalue weighted by atomic mass is 35.5. The van der Waals surface area contributed by atoms with E-state index >= 15 is 0 Å². The fraction of sp³-hybridized carbons (Fsp3) is 0.440. The first kappa shape index (κ1) is 24.6. The predicted octanol–water partition coefficient (Wildman–Crippen LogP) is 5.35. The van der Waals surface area contributed by atoms with Crippen LogP contribution in [0.4, 0.5) is 0 Å². The molecular formula is C25H30Cl2N2O3. The zero-order valence-electron chi connectivity index (χ0n) is 18.7. The van der Waals surface area contributed by atoms with Crippen molar-refractivity contribution in [3.05, 3.63) is 63.6 Å². The van der Waals surface area contributed by atoms with E-state index < -0.39 is 0 Å². The number of rotatable bonds is 8. The van der Waals surface area contributed by atoms with Gasteiger partial charge in [0.25, 0.3) is 5.91 Å². The molecule has 0 radical (unpaired) electrons. The van der Waals surface area contributed by atoms with Crippen molar-refractivity contribution in [2.24, 2.45) is 11.8 Å². The van der Waals surface area contributed by atoms with Gasteiger partial charge in [0.2, 0.25) is 0 Å². The molecule has 0 spiro atoms. The minimum absolute atomic E-state index is 0.0186. The number of halogens is 2. The van der Waals surface area contributed by atoms with Gasteiger partial charge in [-0.2, -0.15) is 0 Å². The quantitative estimate of drug-likeness (QED) is 0.521. The van der Waals surface area contributed by atoms with Gasteiger partial charge in [-0.3, -0.25) is 9.59 Å². The molecule has 0 bridgehead atoms. The molecule has 3 rings (SSSR count). The molecule has 1 aliphatic heterocycles. The molecule has 1 aliphatic rings. The lowest BCUT2D eigenvalue weighted by atomic mass is 9.88. The number of hydrogen-bond donors (Lipinski definition) is 1. The number of carbonyl (C=O) groups excluding carboxylic acids is 2. The van der Waals surface area contributed by atoms with Crippen LogP contribution in [0.1, 0.15) is 47.4 Å². The van der Waals surface area contributed by atoms with Crippen molar-refractivity contribution in [3.8, 4) is 5.75 Å². The third-order valence-corrected chi connectivity index (χ3v) is 6.83. The Kier molecular flexibility index (Phi) is 8.57. The largest absolute Gasteiger partial charge is 0.497 e. The molecule has 1 heterocycles. The van der Waals surface area contributed by atoms with Gasteiger partial charge in [-0.25, -0.2) is 0 Å². The van der Waals surface area contributed by atoms with E-state index in [-0.39, 0.29) is 29.6 Å². The van der Waals surface area contributed by atoms with Crippen molar-refractivity contribution in [1.82, 2.24) is 10.2 Å². The molecule has 32 heavy (non-hydrogen) atoms. The molecule has 1 unspecified atom stereocenters. The molecule has 1 N–H and O–H groups in total. The smallest absolute Gasteiger partial charge is 0.251 e. The average molecular weight is 477 g/mol. The second-order valence-corrected chi connectivity index (χ2v) is 9.43. The molecule has 0 saturated carbocycles. The van der Waals surface area contributed by atoms with Gasteiger partial charge < -0.3 is 15.0 Å². The van der Waals surface area contributed by atoms with Crippen LogP contribution < -0.4 is 10.1 Å². The van der Waals surface area contributed by atoms with Gasteiger partial charge in [0.1, 0.15) is 5.75 Å². The summed E-state index contributed by atoms with van der Waals surface area (Å²) in [5.74, 6) is 1.02. The van der Waals surface area contributed by atoms with E-state index in [4.69, 9.17) is 27.9 Å². The summed E-state index contributed by atoms with van der Waals surface area (Å²) in [7, 11) is 1.60. The Morgan fingerprint density at radius 3 is 2.22 bits per heavy atom. The van der Waals surface area contributed by atoms with Gasteiger partial charge in [0.05, 0.1) is 17.2 Å². The minimum Gasteiger partial charge on any atom is -0.497 e. The van der Waals surface area contributed by atoms with Gasteiger partial charge in [0, 0.05) is 29.6 Å². The minimum atomic E-state index is -0.0870. The third kappa shape index (κ3) is 6.25. The monoisotopic (exact) mass is 476 g/mol. The van der Waals surface area contributed by atoms with Crippen LogP contribution in [0, 0.1) is 11.8 Å². The zero-order valence-corrected chi connectivity index (χ0v) is 20.2. The summed E-state index contributed by atoms with van der Waals surface area (Å²) < 4.78 is 5.16. The normalized spacial score (nSPS) is 16.1. The standard InChI is InChI=1S/C25H30Cl2N2O3/c1-16(2)23(28-25(31)18-4-7-20(32-3)8-5-18)15-29-12-10-17(11-13-29)24(30)19-6-9-21(26)22(27)14-19/h4-9,14,16-17,23H,10-13,15H2,1-3H3,(H,28,31). The Morgan fingerprint density at radius 2 is 1.66 bits per heavy atom. The van der Waals surface area contributed by atoms with Crippen molar-refractivity contribution in [2.75, 3.05) is 26.7 Å². The lowest BCUT2D eigenvalue weighted by molar-refractivity contribution is 0.0811. The summed E-state index contributed by atoms with van der Waals surface area (Å²) >= 11 is 12.0. The Bertz CT molecular complexity index is 939. The summed E-state index contributed by atoms with van der Waals surface area (Å²) in [6.07, 6.45) is 1.58. The maximum Gasteiger partial charge on any atom is 0.251 e. The molecule has 5 nitrogen and oxygen atoms in total. The van der Waals surface area contributed by atoms with Crippen LogP contribution >= 0.6 is 23.2 Å². The van der Waals surface area contributed by atoms with E-state index in [1.54, 1.807) is 49.6 Å². The molecule has 172 valence electrons. The van der Waals surface area contributed by atoms with Crippen LogP contribution in [0.3, 0.4) is 0 Å². The van der Waals surface area contributed by atoms with Crippen LogP contribution in [-0.2, 0) is 0 Å². The first-order chi connectivity index (χ1) is 15.3. The highest BCUT2D eigenvalue weighted by molar-refractivity contribution is 6.42. The third-order valence-electron chi connectivity index (χ3n) is 6.09. The van der Waals surface area contributed by atoms with E-state index in [1.165, 1.54) is 0 Å². The molecule has 7 heteroatoms. The Hall–Kier alpha value is -2.08. The molecule has 0 aliphatic carbocycles. The molecule has 1 amide bonds. The van der Waals surface area contributed by atoms with Gasteiger partial charge in [-0.15, -0.1) is 0 Å². The van der Waals surface area contributed by atoms with Crippen LogP contribution in [0.15, 0.2) is 42.5 Å². The Labute approximate surface area is 200 Å². The fourth-order valence-electron chi connectivity index (χ4n) is 3.96. The second-order valence-electron chi connectivity index (χ2n) is 8.62. The second kappa shape index (κ2) is 11.2.